The van der Waals surface area contributed by atoms with E-state index in [9.17, 15) is 18.0 Å². The summed E-state index contributed by atoms with van der Waals surface area (Å²) in [7, 11) is 0. The van der Waals surface area contributed by atoms with Crippen LogP contribution in [0.4, 0.5) is 13.2 Å². The molecule has 0 radical (unpaired) electrons. The lowest BCUT2D eigenvalue weighted by Crippen LogP contribution is -2.25. The third-order valence-corrected chi connectivity index (χ3v) is 5.53. The van der Waals surface area contributed by atoms with Gasteiger partial charge in [0.05, 0.1) is 15.8 Å². The number of benzene rings is 2. The van der Waals surface area contributed by atoms with Crippen LogP contribution in [-0.2, 0) is 19.3 Å². The van der Waals surface area contributed by atoms with E-state index in [4.69, 9.17) is 0 Å². The zero-order valence-corrected chi connectivity index (χ0v) is 16.1. The molecule has 2 aromatic carbocycles. The van der Waals surface area contributed by atoms with Crippen LogP contribution in [0.1, 0.15) is 27.2 Å². The fraction of sp³-hybridized carbons (Fsp3) is 0.136. The predicted molar refractivity (Wildman–Crippen MR) is 108 cm³/mol. The quantitative estimate of drug-likeness (QED) is 0.447. The molecule has 2 heterocycles. The summed E-state index contributed by atoms with van der Waals surface area (Å²) in [6, 6.07) is 18.4. The number of fused-ring (bicyclic) bond motifs is 1. The summed E-state index contributed by atoms with van der Waals surface area (Å²) in [4.78, 5) is 12.8. The second-order valence-corrected chi connectivity index (χ2v) is 7.60. The molecule has 3 nitrogen and oxygen atoms in total. The third kappa shape index (κ3) is 4.19. The summed E-state index contributed by atoms with van der Waals surface area (Å²) in [5, 5.41) is 4.85. The largest absolute Gasteiger partial charge is 0.416 e. The van der Waals surface area contributed by atoms with Gasteiger partial charge in [0.15, 0.2) is 0 Å². The van der Waals surface area contributed by atoms with Crippen LogP contribution in [-0.4, -0.2) is 10.5 Å². The first kappa shape index (κ1) is 19.3. The summed E-state index contributed by atoms with van der Waals surface area (Å²) in [6.07, 6.45) is -4.37. The molecule has 0 aliphatic rings. The van der Waals surface area contributed by atoms with Crippen molar-refractivity contribution in [3.63, 3.8) is 0 Å². The van der Waals surface area contributed by atoms with E-state index in [0.717, 1.165) is 27.9 Å². The Morgan fingerprint density at radius 3 is 2.38 bits per heavy atom. The standard InChI is InChI=1S/C22H17F3N2OS/c23-22(24,25)17-8-6-16(7-9-17)14-27-18-10-11-29-20(18)12-19(27)21(28)26-13-15-4-2-1-3-5-15/h1-12H,13-14H2,(H,26,28). The van der Waals surface area contributed by atoms with Gasteiger partial charge in [0.25, 0.3) is 5.91 Å². The van der Waals surface area contributed by atoms with Crippen LogP contribution in [0.15, 0.2) is 72.1 Å². The maximum absolute atomic E-state index is 12.8. The number of nitrogens with zero attached hydrogens (tertiary/aromatic N) is 1. The molecular weight excluding hydrogens is 397 g/mol. The highest BCUT2D eigenvalue weighted by atomic mass is 32.1. The number of hydrogen-bond acceptors (Lipinski definition) is 2. The molecular formula is C22H17F3N2OS. The zero-order valence-electron chi connectivity index (χ0n) is 15.2. The van der Waals surface area contributed by atoms with Gasteiger partial charge in [-0.25, -0.2) is 0 Å². The van der Waals surface area contributed by atoms with Gasteiger partial charge in [-0.2, -0.15) is 13.2 Å². The minimum absolute atomic E-state index is 0.218. The summed E-state index contributed by atoms with van der Waals surface area (Å²) < 4.78 is 41.2. The van der Waals surface area contributed by atoms with Crippen molar-refractivity contribution >= 4 is 27.5 Å². The molecule has 0 aliphatic heterocycles. The van der Waals surface area contributed by atoms with Gasteiger partial charge in [-0.1, -0.05) is 42.5 Å². The highest BCUT2D eigenvalue weighted by Gasteiger charge is 2.30. The van der Waals surface area contributed by atoms with Gasteiger partial charge >= 0.3 is 6.18 Å². The zero-order chi connectivity index (χ0) is 20.4. The van der Waals surface area contributed by atoms with E-state index < -0.39 is 11.7 Å². The van der Waals surface area contributed by atoms with E-state index in [-0.39, 0.29) is 5.91 Å². The SMILES string of the molecule is O=C(NCc1ccccc1)c1cc2sccc2n1Cc1ccc(C(F)(F)F)cc1. The number of carbonyl (C=O) groups excluding carboxylic acids is 1. The van der Waals surface area contributed by atoms with Crippen molar-refractivity contribution in [1.29, 1.82) is 0 Å². The van der Waals surface area contributed by atoms with Crippen LogP contribution in [0, 0.1) is 0 Å². The average molecular weight is 414 g/mol. The van der Waals surface area contributed by atoms with Gasteiger partial charge in [0.2, 0.25) is 0 Å². The number of rotatable bonds is 5. The molecule has 7 heteroatoms. The molecule has 0 saturated heterocycles. The highest BCUT2D eigenvalue weighted by molar-refractivity contribution is 7.17. The molecule has 0 aliphatic carbocycles. The summed E-state index contributed by atoms with van der Waals surface area (Å²) in [6.45, 7) is 0.714. The minimum atomic E-state index is -4.37. The average Bonchev–Trinajstić information content (AvgIpc) is 3.29. The van der Waals surface area contributed by atoms with E-state index in [1.165, 1.54) is 23.5 Å². The summed E-state index contributed by atoms with van der Waals surface area (Å²) in [5.74, 6) is -0.218. The molecule has 1 amide bonds. The van der Waals surface area contributed by atoms with Crippen molar-refractivity contribution in [2.75, 3.05) is 0 Å². The molecule has 1 N–H and O–H groups in total. The lowest BCUT2D eigenvalue weighted by molar-refractivity contribution is -0.137. The van der Waals surface area contributed by atoms with Gasteiger partial charge in [-0.3, -0.25) is 4.79 Å². The molecule has 4 rings (SSSR count). The Morgan fingerprint density at radius 2 is 1.69 bits per heavy atom. The molecule has 2 aromatic heterocycles. The van der Waals surface area contributed by atoms with Gasteiger partial charge in [0.1, 0.15) is 5.69 Å². The first-order valence-corrected chi connectivity index (χ1v) is 9.85. The van der Waals surface area contributed by atoms with E-state index in [0.29, 0.717) is 24.3 Å². The molecule has 0 bridgehead atoms. The number of alkyl halides is 3. The van der Waals surface area contributed by atoms with E-state index >= 15 is 0 Å². The van der Waals surface area contributed by atoms with E-state index in [1.807, 2.05) is 52.4 Å². The molecule has 148 valence electrons. The lowest BCUT2D eigenvalue weighted by Gasteiger charge is -2.12. The van der Waals surface area contributed by atoms with Crippen molar-refractivity contribution in [3.8, 4) is 0 Å². The third-order valence-electron chi connectivity index (χ3n) is 4.67. The molecule has 4 aromatic rings. The molecule has 0 saturated carbocycles. The van der Waals surface area contributed by atoms with Crippen molar-refractivity contribution in [2.45, 2.75) is 19.3 Å². The number of amides is 1. The lowest BCUT2D eigenvalue weighted by atomic mass is 10.1. The van der Waals surface area contributed by atoms with E-state index in [2.05, 4.69) is 5.32 Å². The number of halogens is 3. The van der Waals surface area contributed by atoms with Crippen molar-refractivity contribution in [3.05, 3.63) is 94.5 Å². The van der Waals surface area contributed by atoms with Crippen LogP contribution >= 0.6 is 11.3 Å². The van der Waals surface area contributed by atoms with Crippen LogP contribution in [0.3, 0.4) is 0 Å². The van der Waals surface area contributed by atoms with Gasteiger partial charge in [-0.05, 0) is 40.8 Å². The minimum Gasteiger partial charge on any atom is -0.347 e. The maximum atomic E-state index is 12.8. The van der Waals surface area contributed by atoms with Crippen LogP contribution in [0.25, 0.3) is 10.2 Å². The Hall–Kier alpha value is -3.06. The highest BCUT2D eigenvalue weighted by Crippen LogP contribution is 2.30. The Balaban J connectivity index is 1.58. The molecule has 29 heavy (non-hydrogen) atoms. The van der Waals surface area contributed by atoms with Crippen molar-refractivity contribution < 1.29 is 18.0 Å². The van der Waals surface area contributed by atoms with E-state index in [1.54, 1.807) is 0 Å². The second kappa shape index (κ2) is 7.75. The second-order valence-electron chi connectivity index (χ2n) is 6.65. The number of thiophene rings is 1. The first-order chi connectivity index (χ1) is 13.9. The Labute approximate surface area is 169 Å². The summed E-state index contributed by atoms with van der Waals surface area (Å²) >= 11 is 1.52. The topological polar surface area (TPSA) is 34.0 Å². The Kier molecular flexibility index (Phi) is 5.15. The fourth-order valence-corrected chi connectivity index (χ4v) is 4.01. The van der Waals surface area contributed by atoms with Crippen molar-refractivity contribution in [2.24, 2.45) is 0 Å². The smallest absolute Gasteiger partial charge is 0.347 e. The number of aromatic nitrogens is 1. The maximum Gasteiger partial charge on any atom is 0.416 e. The van der Waals surface area contributed by atoms with Crippen molar-refractivity contribution in [1.82, 2.24) is 9.88 Å². The number of carbonyl (C=O) groups is 1. The molecule has 0 spiro atoms. The first-order valence-electron chi connectivity index (χ1n) is 8.97. The Morgan fingerprint density at radius 1 is 0.966 bits per heavy atom. The van der Waals surface area contributed by atoms with Crippen LogP contribution in [0.2, 0.25) is 0 Å². The molecule has 0 fully saturated rings. The van der Waals surface area contributed by atoms with Crippen LogP contribution in [0.5, 0.6) is 0 Å². The fourth-order valence-electron chi connectivity index (χ4n) is 3.19. The van der Waals surface area contributed by atoms with Gasteiger partial charge in [0, 0.05) is 13.1 Å². The summed E-state index contributed by atoms with van der Waals surface area (Å²) in [5.41, 5.74) is 2.38. The van der Waals surface area contributed by atoms with Crippen LogP contribution < -0.4 is 5.32 Å². The molecule has 0 atom stereocenters. The van der Waals surface area contributed by atoms with Gasteiger partial charge in [-0.15, -0.1) is 11.3 Å². The predicted octanol–water partition coefficient (Wildman–Crippen LogP) is 5.70. The Bertz CT molecular complexity index is 1130. The van der Waals surface area contributed by atoms with Gasteiger partial charge < -0.3 is 9.88 Å². The normalized spacial score (nSPS) is 11.7. The molecule has 0 unspecified atom stereocenters. The number of hydrogen-bond donors (Lipinski definition) is 1. The number of nitrogens with one attached hydrogen (secondary N) is 1. The monoisotopic (exact) mass is 414 g/mol.